The second-order valence-corrected chi connectivity index (χ2v) is 7.70. The molecule has 1 saturated carbocycles. The van der Waals surface area contributed by atoms with Crippen LogP contribution in [0.15, 0.2) is 26.1 Å². The first-order chi connectivity index (χ1) is 10.4. The van der Waals surface area contributed by atoms with Gasteiger partial charge < -0.3 is 0 Å². The number of rotatable bonds is 3. The van der Waals surface area contributed by atoms with Gasteiger partial charge in [0.1, 0.15) is 0 Å². The Kier molecular flexibility index (Phi) is 4.10. The third kappa shape index (κ3) is 3.59. The van der Waals surface area contributed by atoms with E-state index in [2.05, 4.69) is 18.6 Å². The summed E-state index contributed by atoms with van der Waals surface area (Å²) < 4.78 is 14.1. The summed E-state index contributed by atoms with van der Waals surface area (Å²) in [7, 11) is 0. The van der Waals surface area contributed by atoms with E-state index in [1.807, 2.05) is 39.0 Å². The normalized spacial score (nSPS) is 22.3. The van der Waals surface area contributed by atoms with Crippen LogP contribution in [0.3, 0.4) is 0 Å². The van der Waals surface area contributed by atoms with Gasteiger partial charge in [0.25, 0.3) is 0 Å². The zero-order valence-electron chi connectivity index (χ0n) is 12.9. The van der Waals surface area contributed by atoms with E-state index in [1.54, 1.807) is 0 Å². The minimum absolute atomic E-state index is 0.0134. The van der Waals surface area contributed by atoms with Crippen molar-refractivity contribution in [2.75, 3.05) is 5.32 Å². The number of carbonyl (C=O) groups excluding carboxylic acids is 1. The molecule has 2 aliphatic rings. The van der Waals surface area contributed by atoms with Gasteiger partial charge in [0.05, 0.1) is 0 Å². The Morgan fingerprint density at radius 3 is 2.77 bits per heavy atom. The Morgan fingerprint density at radius 2 is 2.05 bits per heavy atom. The van der Waals surface area contributed by atoms with Gasteiger partial charge in [-0.1, -0.05) is 0 Å². The number of alkyl carbamates (subject to hydrolysis) is 1. The first-order valence-electron chi connectivity index (χ1n) is 7.38. The van der Waals surface area contributed by atoms with Gasteiger partial charge >= 0.3 is 135 Å². The summed E-state index contributed by atoms with van der Waals surface area (Å²) in [5.74, 6) is 0. The minimum atomic E-state index is -0.456. The van der Waals surface area contributed by atoms with E-state index >= 15 is 0 Å². The molecule has 0 unspecified atom stereocenters. The second-order valence-electron chi connectivity index (χ2n) is 6.59. The van der Waals surface area contributed by atoms with Gasteiger partial charge in [-0.3, -0.25) is 0 Å². The number of ether oxygens (including phenoxy) is 1. The summed E-state index contributed by atoms with van der Waals surface area (Å²) in [6, 6.07) is 6.56. The molecular formula is C15H20N4O2Se. The van der Waals surface area contributed by atoms with Crippen LogP contribution in [0.2, 0.25) is 0 Å². The van der Waals surface area contributed by atoms with Crippen molar-refractivity contribution in [3.8, 4) is 0 Å². The maximum atomic E-state index is 11.7. The van der Waals surface area contributed by atoms with Crippen LogP contribution in [0.5, 0.6) is 0 Å². The van der Waals surface area contributed by atoms with Crippen LogP contribution in [0.1, 0.15) is 33.6 Å². The first-order valence-corrected chi connectivity index (χ1v) is 8.91. The Balaban J connectivity index is 1.48. The number of carbonyl (C=O) groups is 1. The van der Waals surface area contributed by atoms with E-state index in [0.717, 1.165) is 29.9 Å². The topological polar surface area (TPSA) is 75.1 Å². The number of benzene rings is 1. The standard InChI is InChI=1S/C15H20N4O2Se/c1-15(2,3)21-14(20)17-10-7-9(8-10)16-11-5-4-6-12-13(11)19-22-18-12/h4-6,9-10,16H,7-8H2,1-3H3,(H,17,20). The van der Waals surface area contributed by atoms with Gasteiger partial charge in [-0.15, -0.1) is 0 Å². The molecule has 1 aliphatic carbocycles. The van der Waals surface area contributed by atoms with Crippen molar-refractivity contribution in [2.45, 2.75) is 51.3 Å². The van der Waals surface area contributed by atoms with Gasteiger partial charge in [0.15, 0.2) is 0 Å². The quantitative estimate of drug-likeness (QED) is 0.816. The van der Waals surface area contributed by atoms with Crippen molar-refractivity contribution >= 4 is 37.7 Å². The predicted octanol–water partition coefficient (Wildman–Crippen LogP) is 3.50. The monoisotopic (exact) mass is 368 g/mol. The Hall–Kier alpha value is -1.59. The maximum absolute atomic E-state index is 11.7. The molecular weight excluding hydrogens is 347 g/mol. The molecule has 1 aromatic rings. The molecule has 118 valence electrons. The summed E-state index contributed by atoms with van der Waals surface area (Å²) in [5, 5.41) is 6.40. The zero-order valence-corrected chi connectivity index (χ0v) is 14.6. The molecule has 0 radical (unpaired) electrons. The van der Waals surface area contributed by atoms with Crippen LogP contribution < -0.4 is 10.6 Å². The van der Waals surface area contributed by atoms with Crippen molar-refractivity contribution in [1.29, 1.82) is 0 Å². The molecule has 7 heteroatoms. The third-order valence-corrected chi connectivity index (χ3v) is 4.64. The van der Waals surface area contributed by atoms with Gasteiger partial charge in [0.2, 0.25) is 0 Å². The van der Waals surface area contributed by atoms with Crippen molar-refractivity contribution in [3.05, 3.63) is 18.2 Å². The summed E-state index contributed by atoms with van der Waals surface area (Å²) in [6.07, 6.45) is 1.45. The van der Waals surface area contributed by atoms with E-state index in [-0.39, 0.29) is 26.7 Å². The van der Waals surface area contributed by atoms with Gasteiger partial charge in [0, 0.05) is 0 Å². The second kappa shape index (κ2) is 5.89. The molecule has 0 spiro atoms. The molecule has 1 heterocycles. The van der Waals surface area contributed by atoms with Crippen LogP contribution in [-0.2, 0) is 4.74 Å². The fourth-order valence-corrected chi connectivity index (χ4v) is 3.62. The predicted molar refractivity (Wildman–Crippen MR) is 86.2 cm³/mol. The van der Waals surface area contributed by atoms with Crippen LogP contribution in [0.4, 0.5) is 21.9 Å². The molecule has 1 fully saturated rings. The number of hydrogen-bond acceptors (Lipinski definition) is 5. The van der Waals surface area contributed by atoms with Crippen molar-refractivity contribution in [3.63, 3.8) is 0 Å². The molecule has 1 aromatic carbocycles. The van der Waals surface area contributed by atoms with Gasteiger partial charge in [-0.25, -0.2) is 0 Å². The van der Waals surface area contributed by atoms with Crippen LogP contribution in [0, 0.1) is 0 Å². The van der Waals surface area contributed by atoms with Crippen molar-refractivity contribution < 1.29 is 9.53 Å². The molecule has 0 atom stereocenters. The summed E-state index contributed by atoms with van der Waals surface area (Å²) in [4.78, 5) is 11.7. The molecule has 22 heavy (non-hydrogen) atoms. The third-order valence-electron chi connectivity index (χ3n) is 3.50. The summed E-state index contributed by atoms with van der Waals surface area (Å²) in [6.45, 7) is 5.59. The number of anilines is 1. The molecule has 0 saturated heterocycles. The molecule has 1 aliphatic heterocycles. The van der Waals surface area contributed by atoms with Gasteiger partial charge in [-0.05, 0) is 0 Å². The van der Waals surface area contributed by atoms with E-state index in [0.29, 0.717) is 6.04 Å². The van der Waals surface area contributed by atoms with Crippen LogP contribution in [-0.4, -0.2) is 38.3 Å². The van der Waals surface area contributed by atoms with Crippen molar-refractivity contribution in [2.24, 2.45) is 7.92 Å². The molecule has 2 N–H and O–H groups in total. The zero-order chi connectivity index (χ0) is 15.7. The number of hydrogen-bond donors (Lipinski definition) is 2. The Labute approximate surface area is 135 Å². The number of nitrogens with zero attached hydrogens (tertiary/aromatic N) is 2. The molecule has 0 aromatic heterocycles. The summed E-state index contributed by atoms with van der Waals surface area (Å²) in [5.41, 5.74) is 2.54. The van der Waals surface area contributed by atoms with Gasteiger partial charge in [-0.2, -0.15) is 0 Å². The SMILES string of the molecule is CC(C)(C)OC(=O)NC1CC(Nc2cccc3c2N=[Se]=N3)C1. The van der Waals surface area contributed by atoms with E-state index in [1.165, 1.54) is 0 Å². The van der Waals surface area contributed by atoms with E-state index in [9.17, 15) is 4.79 Å². The number of fused-ring (bicyclic) bond motifs is 1. The average Bonchev–Trinajstić information content (AvgIpc) is 2.83. The molecule has 6 nitrogen and oxygen atoms in total. The van der Waals surface area contributed by atoms with Crippen LogP contribution >= 0.6 is 0 Å². The molecule has 3 rings (SSSR count). The fraction of sp³-hybridized carbons (Fsp3) is 0.533. The molecule has 0 bridgehead atoms. The summed E-state index contributed by atoms with van der Waals surface area (Å²) >= 11 is -0.0134. The van der Waals surface area contributed by atoms with Crippen LogP contribution in [0.25, 0.3) is 0 Å². The number of amides is 1. The van der Waals surface area contributed by atoms with Crippen molar-refractivity contribution in [1.82, 2.24) is 5.32 Å². The van der Waals surface area contributed by atoms with E-state index in [4.69, 9.17) is 4.74 Å². The van der Waals surface area contributed by atoms with E-state index < -0.39 is 5.60 Å². The Morgan fingerprint density at radius 1 is 1.27 bits per heavy atom. The average molecular weight is 367 g/mol. The fourth-order valence-electron chi connectivity index (χ4n) is 2.47. The first kappa shape index (κ1) is 15.3. The Bertz CT molecular complexity index is 656. The number of nitrogens with one attached hydrogen (secondary N) is 2. The molecule has 1 amide bonds.